The van der Waals surface area contributed by atoms with Gasteiger partial charge in [0.1, 0.15) is 5.75 Å². The van der Waals surface area contributed by atoms with Gasteiger partial charge in [0.05, 0.1) is 11.5 Å². The first-order valence-corrected chi connectivity index (χ1v) is 10.9. The summed E-state index contributed by atoms with van der Waals surface area (Å²) < 4.78 is 32.7. The summed E-state index contributed by atoms with van der Waals surface area (Å²) in [6.07, 6.45) is 0. The molecule has 0 radical (unpaired) electrons. The molecule has 0 amide bonds. The van der Waals surface area contributed by atoms with Crippen molar-refractivity contribution in [3.05, 3.63) is 54.1 Å². The van der Waals surface area contributed by atoms with E-state index in [4.69, 9.17) is 4.74 Å². The summed E-state index contributed by atoms with van der Waals surface area (Å²) in [5.41, 5.74) is 2.47. The summed E-state index contributed by atoms with van der Waals surface area (Å²) >= 11 is 0. The lowest BCUT2D eigenvalue weighted by Crippen LogP contribution is -2.48. The summed E-state index contributed by atoms with van der Waals surface area (Å²) in [7, 11) is -3.47. The number of nitrogens with zero attached hydrogens (tertiary/aromatic N) is 2. The number of benzene rings is 2. The van der Waals surface area contributed by atoms with Gasteiger partial charge >= 0.3 is 0 Å². The Bertz CT molecular complexity index is 838. The van der Waals surface area contributed by atoms with Crippen molar-refractivity contribution in [2.75, 3.05) is 37.7 Å². The van der Waals surface area contributed by atoms with Crippen molar-refractivity contribution in [1.82, 2.24) is 4.31 Å². The number of hydrogen-bond donors (Lipinski definition) is 0. The first-order chi connectivity index (χ1) is 12.9. The Morgan fingerprint density at radius 3 is 2.04 bits per heavy atom. The fraction of sp³-hybridized carbons (Fsp3) is 0.429. The van der Waals surface area contributed by atoms with Gasteiger partial charge in [-0.15, -0.1) is 0 Å². The standard InChI is InChI=1S/C21H28N2O3S/c1-4-26-20-9-11-21(12-10-20)27(24,25)23-15-13-22(14-16-23)19-7-5-18(6-8-19)17(2)3/h5-12,17H,4,13-16H2,1-3H3. The molecule has 0 N–H and O–H groups in total. The predicted molar refractivity (Wildman–Crippen MR) is 109 cm³/mol. The van der Waals surface area contributed by atoms with E-state index in [1.165, 1.54) is 5.56 Å². The Kier molecular flexibility index (Phi) is 6.07. The molecule has 0 aromatic heterocycles. The van der Waals surface area contributed by atoms with Gasteiger partial charge in [0, 0.05) is 31.9 Å². The number of hydrogen-bond acceptors (Lipinski definition) is 4. The maximum absolute atomic E-state index is 12.9. The van der Waals surface area contributed by atoms with Gasteiger partial charge < -0.3 is 9.64 Å². The van der Waals surface area contributed by atoms with E-state index in [1.807, 2.05) is 6.92 Å². The lowest BCUT2D eigenvalue weighted by Gasteiger charge is -2.35. The monoisotopic (exact) mass is 388 g/mol. The molecule has 0 unspecified atom stereocenters. The highest BCUT2D eigenvalue weighted by Crippen LogP contribution is 2.24. The Morgan fingerprint density at radius 2 is 1.52 bits per heavy atom. The molecule has 0 atom stereocenters. The summed E-state index contributed by atoms with van der Waals surface area (Å²) in [5.74, 6) is 1.20. The smallest absolute Gasteiger partial charge is 0.243 e. The van der Waals surface area contributed by atoms with E-state index in [0.29, 0.717) is 49.3 Å². The Hall–Kier alpha value is -2.05. The Morgan fingerprint density at radius 1 is 0.926 bits per heavy atom. The SMILES string of the molecule is CCOc1ccc(S(=O)(=O)N2CCN(c3ccc(C(C)C)cc3)CC2)cc1. The van der Waals surface area contributed by atoms with Crippen molar-refractivity contribution in [2.45, 2.75) is 31.6 Å². The van der Waals surface area contributed by atoms with Crippen molar-refractivity contribution < 1.29 is 13.2 Å². The van der Waals surface area contributed by atoms with Gasteiger partial charge in [-0.05, 0) is 54.8 Å². The molecule has 1 aliphatic rings. The number of anilines is 1. The zero-order valence-corrected chi connectivity index (χ0v) is 17.1. The minimum absolute atomic E-state index is 0.320. The highest BCUT2D eigenvalue weighted by atomic mass is 32.2. The van der Waals surface area contributed by atoms with Crippen LogP contribution in [0.2, 0.25) is 0 Å². The number of sulfonamides is 1. The van der Waals surface area contributed by atoms with Gasteiger partial charge in [0.25, 0.3) is 0 Å². The summed E-state index contributed by atoms with van der Waals surface area (Å²) in [6.45, 7) is 9.18. The van der Waals surface area contributed by atoms with E-state index in [-0.39, 0.29) is 0 Å². The third-order valence-electron chi connectivity index (χ3n) is 4.94. The minimum Gasteiger partial charge on any atom is -0.494 e. The predicted octanol–water partition coefficient (Wildman–Crippen LogP) is 3.72. The van der Waals surface area contributed by atoms with E-state index in [2.05, 4.69) is 43.0 Å². The largest absolute Gasteiger partial charge is 0.494 e. The van der Waals surface area contributed by atoms with Crippen molar-refractivity contribution in [3.63, 3.8) is 0 Å². The molecule has 0 aliphatic carbocycles. The van der Waals surface area contributed by atoms with Gasteiger partial charge in [-0.3, -0.25) is 0 Å². The van der Waals surface area contributed by atoms with E-state index in [9.17, 15) is 8.42 Å². The van der Waals surface area contributed by atoms with Crippen LogP contribution in [0.1, 0.15) is 32.3 Å². The lowest BCUT2D eigenvalue weighted by molar-refractivity contribution is 0.340. The zero-order chi connectivity index (χ0) is 19.4. The lowest BCUT2D eigenvalue weighted by atomic mass is 10.0. The summed E-state index contributed by atoms with van der Waals surface area (Å²) in [4.78, 5) is 2.56. The second kappa shape index (κ2) is 8.31. The quantitative estimate of drug-likeness (QED) is 0.757. The van der Waals surface area contributed by atoms with Crippen molar-refractivity contribution in [2.24, 2.45) is 0 Å². The molecular formula is C21H28N2O3S. The van der Waals surface area contributed by atoms with E-state index < -0.39 is 10.0 Å². The average Bonchev–Trinajstić information content (AvgIpc) is 2.69. The van der Waals surface area contributed by atoms with E-state index in [0.717, 1.165) is 5.69 Å². The van der Waals surface area contributed by atoms with Crippen LogP contribution < -0.4 is 9.64 Å². The normalized spacial score (nSPS) is 15.9. The van der Waals surface area contributed by atoms with Gasteiger partial charge in [-0.25, -0.2) is 8.42 Å². The maximum atomic E-state index is 12.9. The molecule has 2 aromatic rings. The van der Waals surface area contributed by atoms with Gasteiger partial charge in [-0.1, -0.05) is 26.0 Å². The fourth-order valence-corrected chi connectivity index (χ4v) is 4.70. The second-order valence-electron chi connectivity index (χ2n) is 7.04. The molecule has 1 saturated heterocycles. The molecule has 3 rings (SSSR count). The molecule has 5 nitrogen and oxygen atoms in total. The molecule has 27 heavy (non-hydrogen) atoms. The molecular weight excluding hydrogens is 360 g/mol. The molecule has 146 valence electrons. The van der Waals surface area contributed by atoms with E-state index in [1.54, 1.807) is 28.6 Å². The first-order valence-electron chi connectivity index (χ1n) is 9.49. The maximum Gasteiger partial charge on any atom is 0.243 e. The van der Waals surface area contributed by atoms with Crippen LogP contribution in [0, 0.1) is 0 Å². The molecule has 0 bridgehead atoms. The summed E-state index contributed by atoms with van der Waals surface area (Å²) in [6, 6.07) is 15.2. The third-order valence-corrected chi connectivity index (χ3v) is 6.85. The number of ether oxygens (including phenoxy) is 1. The molecule has 1 heterocycles. The minimum atomic E-state index is -3.47. The number of rotatable bonds is 6. The molecule has 6 heteroatoms. The fourth-order valence-electron chi connectivity index (χ4n) is 3.28. The van der Waals surface area contributed by atoms with Crippen LogP contribution in [-0.4, -0.2) is 45.5 Å². The zero-order valence-electron chi connectivity index (χ0n) is 16.3. The topological polar surface area (TPSA) is 49.9 Å². The average molecular weight is 389 g/mol. The highest BCUT2D eigenvalue weighted by molar-refractivity contribution is 7.89. The van der Waals surface area contributed by atoms with Gasteiger partial charge in [-0.2, -0.15) is 4.31 Å². The third kappa shape index (κ3) is 4.45. The van der Waals surface area contributed by atoms with Gasteiger partial charge in [0.15, 0.2) is 0 Å². The van der Waals surface area contributed by atoms with Crippen molar-refractivity contribution >= 4 is 15.7 Å². The second-order valence-corrected chi connectivity index (χ2v) is 8.98. The summed E-state index contributed by atoms with van der Waals surface area (Å²) in [5, 5.41) is 0. The molecule has 1 aliphatic heterocycles. The van der Waals surface area contributed by atoms with Crippen LogP contribution in [0.5, 0.6) is 5.75 Å². The van der Waals surface area contributed by atoms with Crippen LogP contribution in [0.25, 0.3) is 0 Å². The van der Waals surface area contributed by atoms with Crippen LogP contribution >= 0.6 is 0 Å². The number of piperazine rings is 1. The van der Waals surface area contributed by atoms with Crippen molar-refractivity contribution in [3.8, 4) is 5.75 Å². The molecule has 0 spiro atoms. The Balaban J connectivity index is 1.65. The van der Waals surface area contributed by atoms with Gasteiger partial charge in [0.2, 0.25) is 10.0 Å². The van der Waals surface area contributed by atoms with Crippen LogP contribution in [0.4, 0.5) is 5.69 Å². The first kappa shape index (κ1) is 19.7. The molecule has 2 aromatic carbocycles. The van der Waals surface area contributed by atoms with E-state index >= 15 is 0 Å². The van der Waals surface area contributed by atoms with Crippen molar-refractivity contribution in [1.29, 1.82) is 0 Å². The van der Waals surface area contributed by atoms with Crippen LogP contribution in [0.3, 0.4) is 0 Å². The molecule has 0 saturated carbocycles. The molecule has 1 fully saturated rings. The van der Waals surface area contributed by atoms with Crippen LogP contribution in [-0.2, 0) is 10.0 Å². The van der Waals surface area contributed by atoms with Crippen LogP contribution in [0.15, 0.2) is 53.4 Å². The highest BCUT2D eigenvalue weighted by Gasteiger charge is 2.28. The Labute approximate surface area is 162 Å².